The number of hydrogen-bond acceptors (Lipinski definition) is 1. The van der Waals surface area contributed by atoms with E-state index in [-0.39, 0.29) is 11.1 Å². The smallest absolute Gasteiger partial charge is 0.192 e. The Morgan fingerprint density at radius 3 is 2.53 bits per heavy atom. The minimum atomic E-state index is -1.71. The van der Waals surface area contributed by atoms with Crippen LogP contribution in [0.2, 0.25) is 18.1 Å². The summed E-state index contributed by atoms with van der Waals surface area (Å²) < 4.78 is 6.57. The van der Waals surface area contributed by atoms with Gasteiger partial charge in [0.05, 0.1) is 6.10 Å². The van der Waals surface area contributed by atoms with Crippen molar-refractivity contribution in [3.63, 3.8) is 0 Å². The Kier molecular flexibility index (Phi) is 5.50. The Hall–Kier alpha value is -0.0531. The second kappa shape index (κ2) is 6.15. The molecular formula is C16H29ClOSi. The lowest BCUT2D eigenvalue weighted by Gasteiger charge is -2.41. The molecule has 1 nitrogen and oxygen atoms in total. The quantitative estimate of drug-likeness (QED) is 0.377. The monoisotopic (exact) mass is 300 g/mol. The third-order valence-electron chi connectivity index (χ3n) is 4.72. The molecule has 0 aromatic rings. The van der Waals surface area contributed by atoms with Crippen molar-refractivity contribution in [3.8, 4) is 0 Å². The first-order valence-electron chi connectivity index (χ1n) is 7.16. The van der Waals surface area contributed by atoms with Gasteiger partial charge in [-0.25, -0.2) is 0 Å². The Labute approximate surface area is 125 Å². The van der Waals surface area contributed by atoms with Crippen LogP contribution in [0.3, 0.4) is 0 Å². The van der Waals surface area contributed by atoms with E-state index in [2.05, 4.69) is 53.4 Å². The van der Waals surface area contributed by atoms with Crippen LogP contribution in [0.1, 0.15) is 40.5 Å². The molecule has 1 aliphatic carbocycles. The number of halogens is 1. The first kappa shape index (κ1) is 17.0. The lowest BCUT2D eigenvalue weighted by atomic mass is 9.84. The normalized spacial score (nSPS) is 25.1. The van der Waals surface area contributed by atoms with Gasteiger partial charge in [0, 0.05) is 5.88 Å². The molecule has 0 radical (unpaired) electrons. The topological polar surface area (TPSA) is 9.23 Å². The fraction of sp³-hybridized carbons (Fsp3) is 0.750. The van der Waals surface area contributed by atoms with Gasteiger partial charge in [-0.3, -0.25) is 0 Å². The molecule has 0 fully saturated rings. The molecule has 0 heterocycles. The van der Waals surface area contributed by atoms with Gasteiger partial charge in [0.2, 0.25) is 0 Å². The Balaban J connectivity index is 2.80. The third kappa shape index (κ3) is 4.20. The van der Waals surface area contributed by atoms with Crippen molar-refractivity contribution in [3.05, 3.63) is 23.8 Å². The van der Waals surface area contributed by atoms with Gasteiger partial charge in [-0.2, -0.15) is 0 Å². The van der Waals surface area contributed by atoms with Crippen molar-refractivity contribution in [2.75, 3.05) is 5.88 Å². The summed E-state index contributed by atoms with van der Waals surface area (Å²) in [4.78, 5) is 0. The average Bonchev–Trinajstić information content (AvgIpc) is 2.29. The second-order valence-electron chi connectivity index (χ2n) is 7.28. The third-order valence-corrected chi connectivity index (χ3v) is 9.55. The van der Waals surface area contributed by atoms with Crippen LogP contribution < -0.4 is 0 Å². The lowest BCUT2D eigenvalue weighted by molar-refractivity contribution is 0.180. The Morgan fingerprint density at radius 2 is 2.05 bits per heavy atom. The van der Waals surface area contributed by atoms with Crippen molar-refractivity contribution in [2.24, 2.45) is 5.92 Å². The summed E-state index contributed by atoms with van der Waals surface area (Å²) >= 11 is 5.92. The van der Waals surface area contributed by atoms with Gasteiger partial charge in [-0.15, -0.1) is 11.6 Å². The maximum absolute atomic E-state index is 6.57. The van der Waals surface area contributed by atoms with E-state index in [4.69, 9.17) is 16.0 Å². The van der Waals surface area contributed by atoms with Crippen LogP contribution in [0, 0.1) is 5.92 Å². The van der Waals surface area contributed by atoms with Gasteiger partial charge in [-0.1, -0.05) is 39.0 Å². The molecule has 3 heteroatoms. The molecule has 0 N–H and O–H groups in total. The van der Waals surface area contributed by atoms with E-state index in [9.17, 15) is 0 Å². The van der Waals surface area contributed by atoms with Crippen molar-refractivity contribution >= 4 is 19.9 Å². The van der Waals surface area contributed by atoms with E-state index < -0.39 is 8.32 Å². The minimum Gasteiger partial charge on any atom is -0.410 e. The maximum Gasteiger partial charge on any atom is 0.192 e. The van der Waals surface area contributed by atoms with Crippen LogP contribution in [0.15, 0.2) is 23.8 Å². The zero-order valence-corrected chi connectivity index (χ0v) is 15.1. The first-order valence-corrected chi connectivity index (χ1v) is 10.6. The van der Waals surface area contributed by atoms with Crippen LogP contribution in [-0.4, -0.2) is 20.3 Å². The van der Waals surface area contributed by atoms with Crippen molar-refractivity contribution in [2.45, 2.75) is 64.8 Å². The molecule has 0 aromatic heterocycles. The highest BCUT2D eigenvalue weighted by Crippen LogP contribution is 2.40. The van der Waals surface area contributed by atoms with Gasteiger partial charge in [0.25, 0.3) is 0 Å². The average molecular weight is 301 g/mol. The summed E-state index contributed by atoms with van der Waals surface area (Å²) in [5.41, 5.74) is 2.53. The molecule has 0 bridgehead atoms. The van der Waals surface area contributed by atoms with E-state index in [1.807, 2.05) is 0 Å². The molecule has 0 amide bonds. The van der Waals surface area contributed by atoms with E-state index in [0.29, 0.717) is 11.8 Å². The second-order valence-corrected chi connectivity index (χ2v) is 12.3. The molecule has 1 aliphatic rings. The molecule has 0 saturated heterocycles. The summed E-state index contributed by atoms with van der Waals surface area (Å²) in [6, 6.07) is 0. The predicted molar refractivity (Wildman–Crippen MR) is 88.4 cm³/mol. The molecule has 1 unspecified atom stereocenters. The van der Waals surface area contributed by atoms with E-state index in [0.717, 1.165) is 18.4 Å². The standard InChI is InChI=1S/C16H29ClOSi/c1-12-8-9-14(13(2)11-17)10-15(12)18-19(6,7)16(3,4)5/h8,14-15H,2,9-11H2,1,3-7H3/t14-,15?/m1/s1. The zero-order chi connectivity index (χ0) is 14.8. The molecule has 0 aliphatic heterocycles. The van der Waals surface area contributed by atoms with Crippen molar-refractivity contribution < 1.29 is 4.43 Å². The van der Waals surface area contributed by atoms with E-state index in [1.54, 1.807) is 0 Å². The van der Waals surface area contributed by atoms with Gasteiger partial charge < -0.3 is 4.43 Å². The lowest BCUT2D eigenvalue weighted by Crippen LogP contribution is -2.45. The fourth-order valence-electron chi connectivity index (χ4n) is 2.12. The number of rotatable bonds is 4. The van der Waals surface area contributed by atoms with Crippen LogP contribution in [0.25, 0.3) is 0 Å². The zero-order valence-electron chi connectivity index (χ0n) is 13.3. The molecule has 110 valence electrons. The van der Waals surface area contributed by atoms with Gasteiger partial charge >= 0.3 is 0 Å². The summed E-state index contributed by atoms with van der Waals surface area (Å²) in [6.45, 7) is 17.8. The number of hydrogen-bond donors (Lipinski definition) is 0. The minimum absolute atomic E-state index is 0.250. The molecule has 0 aromatic carbocycles. The highest BCUT2D eigenvalue weighted by molar-refractivity contribution is 6.74. The van der Waals surface area contributed by atoms with Crippen molar-refractivity contribution in [1.82, 2.24) is 0 Å². The molecular weight excluding hydrogens is 272 g/mol. The van der Waals surface area contributed by atoms with Gasteiger partial charge in [-0.05, 0) is 49.4 Å². The molecule has 1 rings (SSSR count). The molecule has 0 saturated carbocycles. The van der Waals surface area contributed by atoms with Crippen LogP contribution >= 0.6 is 11.6 Å². The predicted octanol–water partition coefficient (Wildman–Crippen LogP) is 5.53. The van der Waals surface area contributed by atoms with Crippen LogP contribution in [0.5, 0.6) is 0 Å². The van der Waals surface area contributed by atoms with Gasteiger partial charge in [0.1, 0.15) is 0 Å². The SMILES string of the molecule is C=C(CCl)[C@@H]1CC=C(C)C(O[Si](C)(C)C(C)(C)C)C1. The summed E-state index contributed by atoms with van der Waals surface area (Å²) in [5.74, 6) is 1.04. The highest BCUT2D eigenvalue weighted by Gasteiger charge is 2.40. The van der Waals surface area contributed by atoms with E-state index in [1.165, 1.54) is 5.57 Å². The van der Waals surface area contributed by atoms with Gasteiger partial charge in [0.15, 0.2) is 8.32 Å². The largest absolute Gasteiger partial charge is 0.410 e. The summed E-state index contributed by atoms with van der Waals surface area (Å²) in [5, 5.41) is 0.254. The molecule has 0 spiro atoms. The summed E-state index contributed by atoms with van der Waals surface area (Å²) in [7, 11) is -1.71. The molecule has 19 heavy (non-hydrogen) atoms. The number of allylic oxidation sites excluding steroid dienone is 2. The maximum atomic E-state index is 6.57. The van der Waals surface area contributed by atoms with Crippen LogP contribution in [0.4, 0.5) is 0 Å². The molecule has 2 atom stereocenters. The number of alkyl halides is 1. The summed E-state index contributed by atoms with van der Waals surface area (Å²) in [6.07, 6.45) is 4.67. The van der Waals surface area contributed by atoms with E-state index >= 15 is 0 Å². The first-order chi connectivity index (χ1) is 8.58. The van der Waals surface area contributed by atoms with Crippen molar-refractivity contribution in [1.29, 1.82) is 0 Å². The Bertz CT molecular complexity index is 365. The highest BCUT2D eigenvalue weighted by atomic mass is 35.5. The fourth-order valence-corrected chi connectivity index (χ4v) is 3.68. The van der Waals surface area contributed by atoms with Crippen LogP contribution in [-0.2, 0) is 4.43 Å². The Morgan fingerprint density at radius 1 is 1.47 bits per heavy atom.